The van der Waals surface area contributed by atoms with Gasteiger partial charge in [0.1, 0.15) is 0 Å². The Hall–Kier alpha value is -0.900. The van der Waals surface area contributed by atoms with Crippen molar-refractivity contribution < 1.29 is 4.52 Å². The molecule has 0 aromatic carbocycles. The van der Waals surface area contributed by atoms with E-state index < -0.39 is 0 Å². The standard InChI is InChI=1S/C17H25N3O/c1-10-8-18-9-14(10)15-19-16(20-21-15)17-5-11-2-12(6-17)4-13(3-11)7-17/h10-14,18H,2-9H2,1H3/t10-,11?,12?,13?,14-,17?/m1/s1. The van der Waals surface area contributed by atoms with Gasteiger partial charge < -0.3 is 9.84 Å². The van der Waals surface area contributed by atoms with Crippen LogP contribution >= 0.6 is 0 Å². The van der Waals surface area contributed by atoms with Crippen molar-refractivity contribution in [3.8, 4) is 0 Å². The van der Waals surface area contributed by atoms with Crippen molar-refractivity contribution in [3.05, 3.63) is 11.7 Å². The Morgan fingerprint density at radius 2 is 1.71 bits per heavy atom. The molecule has 1 aromatic heterocycles. The minimum absolute atomic E-state index is 0.270. The lowest BCUT2D eigenvalue weighted by molar-refractivity contribution is -0.0103. The predicted octanol–water partition coefficient (Wildman–Crippen LogP) is 2.86. The van der Waals surface area contributed by atoms with E-state index in [1.807, 2.05) is 0 Å². The topological polar surface area (TPSA) is 51.0 Å². The van der Waals surface area contributed by atoms with Crippen LogP contribution in [-0.4, -0.2) is 23.2 Å². The smallest absolute Gasteiger partial charge is 0.231 e. The fourth-order valence-corrected chi connectivity index (χ4v) is 6.13. The molecule has 5 fully saturated rings. The van der Waals surface area contributed by atoms with Gasteiger partial charge in [-0.1, -0.05) is 12.1 Å². The first kappa shape index (κ1) is 12.6. The quantitative estimate of drug-likeness (QED) is 0.908. The van der Waals surface area contributed by atoms with Crippen LogP contribution in [0.1, 0.15) is 63.1 Å². The molecule has 4 heteroatoms. The molecule has 2 atom stereocenters. The number of nitrogens with one attached hydrogen (secondary N) is 1. The molecule has 1 aromatic rings. The minimum Gasteiger partial charge on any atom is -0.339 e. The minimum atomic E-state index is 0.270. The molecule has 1 aliphatic heterocycles. The summed E-state index contributed by atoms with van der Waals surface area (Å²) in [6.07, 6.45) is 8.35. The first-order chi connectivity index (χ1) is 10.2. The van der Waals surface area contributed by atoms with Gasteiger partial charge >= 0.3 is 0 Å². The summed E-state index contributed by atoms with van der Waals surface area (Å²) in [6, 6.07) is 0. The van der Waals surface area contributed by atoms with Gasteiger partial charge in [0.05, 0.1) is 5.92 Å². The molecule has 6 rings (SSSR count). The highest BCUT2D eigenvalue weighted by atomic mass is 16.5. The Morgan fingerprint density at radius 3 is 2.29 bits per heavy atom. The molecule has 5 aliphatic rings. The summed E-state index contributed by atoms with van der Waals surface area (Å²) in [4.78, 5) is 4.91. The summed E-state index contributed by atoms with van der Waals surface area (Å²) in [6.45, 7) is 4.34. The lowest BCUT2D eigenvalue weighted by atomic mass is 9.49. The number of rotatable bonds is 2. The molecule has 1 saturated heterocycles. The van der Waals surface area contributed by atoms with Crippen LogP contribution in [0.25, 0.3) is 0 Å². The highest BCUT2D eigenvalue weighted by Gasteiger charge is 2.54. The molecule has 4 aliphatic carbocycles. The van der Waals surface area contributed by atoms with Crippen LogP contribution in [0.2, 0.25) is 0 Å². The maximum absolute atomic E-state index is 5.71. The van der Waals surface area contributed by atoms with Gasteiger partial charge in [0, 0.05) is 12.0 Å². The van der Waals surface area contributed by atoms with E-state index in [2.05, 4.69) is 17.4 Å². The molecule has 114 valence electrons. The average molecular weight is 287 g/mol. The molecule has 21 heavy (non-hydrogen) atoms. The fraction of sp³-hybridized carbons (Fsp3) is 0.882. The Kier molecular flexibility index (Phi) is 2.59. The largest absolute Gasteiger partial charge is 0.339 e. The van der Waals surface area contributed by atoms with Gasteiger partial charge in [0.15, 0.2) is 5.82 Å². The third kappa shape index (κ3) is 1.84. The molecular weight excluding hydrogens is 262 g/mol. The number of hydrogen-bond acceptors (Lipinski definition) is 4. The Bertz CT molecular complexity index is 517. The monoisotopic (exact) mass is 287 g/mol. The van der Waals surface area contributed by atoms with E-state index in [4.69, 9.17) is 9.51 Å². The van der Waals surface area contributed by atoms with Crippen molar-refractivity contribution >= 4 is 0 Å². The van der Waals surface area contributed by atoms with E-state index in [1.165, 1.54) is 38.5 Å². The van der Waals surface area contributed by atoms with E-state index in [-0.39, 0.29) is 5.41 Å². The zero-order chi connectivity index (χ0) is 14.0. The van der Waals surface area contributed by atoms with Gasteiger partial charge in [0.2, 0.25) is 5.89 Å². The Morgan fingerprint density at radius 1 is 1.05 bits per heavy atom. The van der Waals surface area contributed by atoms with E-state index in [0.717, 1.165) is 42.6 Å². The zero-order valence-corrected chi connectivity index (χ0v) is 12.8. The maximum atomic E-state index is 5.71. The third-order valence-corrected chi connectivity index (χ3v) is 6.79. The first-order valence-electron chi connectivity index (χ1n) is 8.77. The van der Waals surface area contributed by atoms with Crippen molar-refractivity contribution in [1.29, 1.82) is 0 Å². The fourth-order valence-electron chi connectivity index (χ4n) is 6.13. The third-order valence-electron chi connectivity index (χ3n) is 6.79. The van der Waals surface area contributed by atoms with Crippen LogP contribution in [-0.2, 0) is 5.41 Å². The number of nitrogens with zero attached hydrogens (tertiary/aromatic N) is 2. The molecule has 4 nitrogen and oxygen atoms in total. The van der Waals surface area contributed by atoms with Crippen molar-refractivity contribution in [3.63, 3.8) is 0 Å². The van der Waals surface area contributed by atoms with Crippen LogP contribution in [0.3, 0.4) is 0 Å². The molecule has 0 spiro atoms. The summed E-state index contributed by atoms with van der Waals surface area (Å²) >= 11 is 0. The summed E-state index contributed by atoms with van der Waals surface area (Å²) < 4.78 is 5.71. The molecular formula is C17H25N3O. The summed E-state index contributed by atoms with van der Waals surface area (Å²) in [7, 11) is 0. The van der Waals surface area contributed by atoms with Crippen LogP contribution in [0.15, 0.2) is 4.52 Å². The molecule has 2 heterocycles. The molecule has 4 saturated carbocycles. The van der Waals surface area contributed by atoms with E-state index in [0.29, 0.717) is 11.8 Å². The first-order valence-corrected chi connectivity index (χ1v) is 8.77. The van der Waals surface area contributed by atoms with E-state index >= 15 is 0 Å². The van der Waals surface area contributed by atoms with Gasteiger partial charge in [-0.2, -0.15) is 4.98 Å². The van der Waals surface area contributed by atoms with Crippen molar-refractivity contribution in [2.45, 2.75) is 56.8 Å². The summed E-state index contributed by atoms with van der Waals surface area (Å²) in [5.74, 6) is 5.77. The molecule has 4 bridgehead atoms. The molecule has 1 N–H and O–H groups in total. The van der Waals surface area contributed by atoms with Gasteiger partial charge in [-0.15, -0.1) is 0 Å². The molecule has 0 amide bonds. The zero-order valence-electron chi connectivity index (χ0n) is 12.8. The summed E-state index contributed by atoms with van der Waals surface area (Å²) in [5, 5.41) is 7.91. The van der Waals surface area contributed by atoms with Gasteiger partial charge in [-0.25, -0.2) is 0 Å². The highest BCUT2D eigenvalue weighted by Crippen LogP contribution is 2.60. The Labute approximate surface area is 126 Å². The van der Waals surface area contributed by atoms with Crippen molar-refractivity contribution in [2.75, 3.05) is 13.1 Å². The number of hydrogen-bond donors (Lipinski definition) is 1. The van der Waals surface area contributed by atoms with Crippen LogP contribution < -0.4 is 5.32 Å². The van der Waals surface area contributed by atoms with Crippen molar-refractivity contribution in [1.82, 2.24) is 15.5 Å². The van der Waals surface area contributed by atoms with Crippen LogP contribution in [0, 0.1) is 23.7 Å². The van der Waals surface area contributed by atoms with E-state index in [1.54, 1.807) is 0 Å². The highest BCUT2D eigenvalue weighted by molar-refractivity contribution is 5.17. The SMILES string of the molecule is C[C@@H]1CNC[C@H]1c1nc(C23CC4CC(CC(C4)C2)C3)no1. The van der Waals surface area contributed by atoms with Gasteiger partial charge in [-0.05, 0) is 68.7 Å². The van der Waals surface area contributed by atoms with Crippen molar-refractivity contribution in [2.24, 2.45) is 23.7 Å². The predicted molar refractivity (Wildman–Crippen MR) is 78.9 cm³/mol. The lowest BCUT2D eigenvalue weighted by Crippen LogP contribution is -2.49. The van der Waals surface area contributed by atoms with E-state index in [9.17, 15) is 0 Å². The second-order valence-electron chi connectivity index (χ2n) is 8.40. The van der Waals surface area contributed by atoms with Gasteiger partial charge in [-0.3, -0.25) is 0 Å². The summed E-state index contributed by atoms with van der Waals surface area (Å²) in [5.41, 5.74) is 0.270. The van der Waals surface area contributed by atoms with Crippen LogP contribution in [0.4, 0.5) is 0 Å². The normalized spacial score (nSPS) is 48.1. The second-order valence-corrected chi connectivity index (χ2v) is 8.40. The average Bonchev–Trinajstić information content (AvgIpc) is 3.05. The lowest BCUT2D eigenvalue weighted by Gasteiger charge is -2.55. The van der Waals surface area contributed by atoms with Gasteiger partial charge in [0.25, 0.3) is 0 Å². The molecule has 0 radical (unpaired) electrons. The molecule has 0 unspecified atom stereocenters. The second kappa shape index (κ2) is 4.31. The maximum Gasteiger partial charge on any atom is 0.231 e. The van der Waals surface area contributed by atoms with Crippen LogP contribution in [0.5, 0.6) is 0 Å². The number of aromatic nitrogens is 2. The Balaban J connectivity index is 1.46.